The van der Waals surface area contributed by atoms with Gasteiger partial charge in [-0.15, -0.1) is 11.3 Å². The van der Waals surface area contributed by atoms with E-state index in [1.54, 1.807) is 17.5 Å². The number of nitrogens with one attached hydrogen (secondary N) is 2. The standard InChI is InChI=1S/C13H21N3OS/c1-2-4-13(5-3-6-14-10-13)12(17)16-9-11-15-7-8-18-11/h7-8,14H,2-6,9-10H2,1H3,(H,16,17). The molecule has 1 aromatic rings. The maximum absolute atomic E-state index is 12.4. The second kappa shape index (κ2) is 6.29. The summed E-state index contributed by atoms with van der Waals surface area (Å²) in [5.74, 6) is 0.187. The lowest BCUT2D eigenvalue weighted by Gasteiger charge is -2.36. The molecule has 1 aliphatic heterocycles. The lowest BCUT2D eigenvalue weighted by Crippen LogP contribution is -2.50. The van der Waals surface area contributed by atoms with Crippen molar-refractivity contribution >= 4 is 17.2 Å². The summed E-state index contributed by atoms with van der Waals surface area (Å²) in [4.78, 5) is 16.6. The van der Waals surface area contributed by atoms with E-state index in [2.05, 4.69) is 22.5 Å². The molecular formula is C13H21N3OS. The van der Waals surface area contributed by atoms with E-state index in [1.165, 1.54) is 0 Å². The van der Waals surface area contributed by atoms with Gasteiger partial charge in [-0.25, -0.2) is 4.98 Å². The second-order valence-electron chi connectivity index (χ2n) is 4.92. The van der Waals surface area contributed by atoms with Crippen LogP contribution in [0.3, 0.4) is 0 Å². The summed E-state index contributed by atoms with van der Waals surface area (Å²) in [6, 6.07) is 0. The molecule has 0 spiro atoms. The van der Waals surface area contributed by atoms with E-state index in [4.69, 9.17) is 0 Å². The van der Waals surface area contributed by atoms with Crippen LogP contribution >= 0.6 is 11.3 Å². The molecule has 0 radical (unpaired) electrons. The van der Waals surface area contributed by atoms with Gasteiger partial charge in [-0.2, -0.15) is 0 Å². The number of hydrogen-bond acceptors (Lipinski definition) is 4. The molecule has 18 heavy (non-hydrogen) atoms. The van der Waals surface area contributed by atoms with Gasteiger partial charge in [0.2, 0.25) is 5.91 Å². The molecule has 1 amide bonds. The molecule has 5 heteroatoms. The maximum Gasteiger partial charge on any atom is 0.227 e. The molecule has 2 rings (SSSR count). The molecule has 0 aromatic carbocycles. The molecule has 0 bridgehead atoms. The quantitative estimate of drug-likeness (QED) is 0.857. The third-order valence-electron chi connectivity index (χ3n) is 3.57. The SMILES string of the molecule is CCCC1(C(=O)NCc2nccs2)CCCNC1. The highest BCUT2D eigenvalue weighted by Gasteiger charge is 2.38. The highest BCUT2D eigenvalue weighted by atomic mass is 32.1. The molecule has 2 N–H and O–H groups in total. The van der Waals surface area contributed by atoms with Crippen LogP contribution in [0.15, 0.2) is 11.6 Å². The van der Waals surface area contributed by atoms with Crippen molar-refractivity contribution in [2.75, 3.05) is 13.1 Å². The number of rotatable bonds is 5. The predicted molar refractivity (Wildman–Crippen MR) is 73.4 cm³/mol. The number of carbonyl (C=O) groups is 1. The monoisotopic (exact) mass is 267 g/mol. The highest BCUT2D eigenvalue weighted by molar-refractivity contribution is 7.09. The van der Waals surface area contributed by atoms with Crippen molar-refractivity contribution in [2.45, 2.75) is 39.2 Å². The van der Waals surface area contributed by atoms with Crippen molar-refractivity contribution in [2.24, 2.45) is 5.41 Å². The molecule has 100 valence electrons. The smallest absolute Gasteiger partial charge is 0.227 e. The largest absolute Gasteiger partial charge is 0.349 e. The van der Waals surface area contributed by atoms with Gasteiger partial charge in [-0.1, -0.05) is 13.3 Å². The van der Waals surface area contributed by atoms with Crippen LogP contribution in [-0.2, 0) is 11.3 Å². The molecule has 1 atom stereocenters. The summed E-state index contributed by atoms with van der Waals surface area (Å²) in [6.07, 6.45) is 5.87. The Bertz CT molecular complexity index is 366. The van der Waals surface area contributed by atoms with E-state index in [9.17, 15) is 4.79 Å². The Morgan fingerprint density at radius 3 is 3.17 bits per heavy atom. The molecule has 1 aromatic heterocycles. The molecule has 0 saturated carbocycles. The normalized spacial score (nSPS) is 23.8. The molecule has 1 saturated heterocycles. The summed E-state index contributed by atoms with van der Waals surface area (Å²) in [5.41, 5.74) is -0.204. The topological polar surface area (TPSA) is 54.0 Å². The number of thiazole rings is 1. The fourth-order valence-electron chi connectivity index (χ4n) is 2.65. The van der Waals surface area contributed by atoms with Gasteiger partial charge in [-0.3, -0.25) is 4.79 Å². The minimum Gasteiger partial charge on any atom is -0.349 e. The van der Waals surface area contributed by atoms with Crippen molar-refractivity contribution in [3.63, 3.8) is 0 Å². The first kappa shape index (κ1) is 13.5. The predicted octanol–water partition coefficient (Wildman–Crippen LogP) is 1.93. The van der Waals surface area contributed by atoms with E-state index in [0.717, 1.165) is 43.8 Å². The Balaban J connectivity index is 1.95. The Morgan fingerprint density at radius 1 is 1.67 bits per heavy atom. The fourth-order valence-corrected chi connectivity index (χ4v) is 3.21. The van der Waals surface area contributed by atoms with Crippen LogP contribution in [0.2, 0.25) is 0 Å². The average Bonchev–Trinajstić information content (AvgIpc) is 2.90. The minimum atomic E-state index is -0.204. The van der Waals surface area contributed by atoms with E-state index in [-0.39, 0.29) is 11.3 Å². The van der Waals surface area contributed by atoms with E-state index < -0.39 is 0 Å². The third-order valence-corrected chi connectivity index (χ3v) is 4.35. The van der Waals surface area contributed by atoms with Crippen LogP contribution in [0.5, 0.6) is 0 Å². The first-order valence-electron chi connectivity index (χ1n) is 6.64. The molecule has 1 unspecified atom stereocenters. The number of aromatic nitrogens is 1. The van der Waals surface area contributed by atoms with Gasteiger partial charge < -0.3 is 10.6 Å². The zero-order valence-corrected chi connectivity index (χ0v) is 11.7. The number of piperidine rings is 1. The average molecular weight is 267 g/mol. The van der Waals surface area contributed by atoms with Crippen LogP contribution in [0.4, 0.5) is 0 Å². The first-order valence-corrected chi connectivity index (χ1v) is 7.52. The molecule has 0 aliphatic carbocycles. The zero-order valence-electron chi connectivity index (χ0n) is 10.9. The van der Waals surface area contributed by atoms with Gasteiger partial charge >= 0.3 is 0 Å². The van der Waals surface area contributed by atoms with Gasteiger partial charge in [0.05, 0.1) is 12.0 Å². The Hall–Kier alpha value is -0.940. The van der Waals surface area contributed by atoms with E-state index >= 15 is 0 Å². The zero-order chi connectivity index (χ0) is 12.8. The van der Waals surface area contributed by atoms with E-state index in [0.29, 0.717) is 6.54 Å². The van der Waals surface area contributed by atoms with Gasteiger partial charge in [-0.05, 0) is 25.8 Å². The van der Waals surface area contributed by atoms with Crippen LogP contribution in [-0.4, -0.2) is 24.0 Å². The summed E-state index contributed by atoms with van der Waals surface area (Å²) in [6.45, 7) is 4.54. The fraction of sp³-hybridized carbons (Fsp3) is 0.692. The number of amides is 1. The van der Waals surface area contributed by atoms with Crippen molar-refractivity contribution in [3.05, 3.63) is 16.6 Å². The van der Waals surface area contributed by atoms with E-state index in [1.807, 2.05) is 5.38 Å². The highest BCUT2D eigenvalue weighted by Crippen LogP contribution is 2.31. The Morgan fingerprint density at radius 2 is 2.56 bits per heavy atom. The van der Waals surface area contributed by atoms with Crippen LogP contribution in [0, 0.1) is 5.41 Å². The number of nitrogens with zero attached hydrogens (tertiary/aromatic N) is 1. The summed E-state index contributed by atoms with van der Waals surface area (Å²) in [5, 5.41) is 9.32. The molecular weight excluding hydrogens is 246 g/mol. The van der Waals surface area contributed by atoms with Crippen LogP contribution in [0.1, 0.15) is 37.6 Å². The molecule has 1 aliphatic rings. The van der Waals surface area contributed by atoms with Gasteiger partial charge in [0.25, 0.3) is 0 Å². The Kier molecular flexibility index (Phi) is 4.72. The van der Waals surface area contributed by atoms with Crippen molar-refractivity contribution in [1.82, 2.24) is 15.6 Å². The summed E-state index contributed by atoms with van der Waals surface area (Å²) >= 11 is 1.58. The van der Waals surface area contributed by atoms with Crippen LogP contribution in [0.25, 0.3) is 0 Å². The second-order valence-corrected chi connectivity index (χ2v) is 5.90. The maximum atomic E-state index is 12.4. The van der Waals surface area contributed by atoms with Crippen LogP contribution < -0.4 is 10.6 Å². The Labute approximate surface area is 112 Å². The summed E-state index contributed by atoms with van der Waals surface area (Å²) in [7, 11) is 0. The molecule has 4 nitrogen and oxygen atoms in total. The number of carbonyl (C=O) groups excluding carboxylic acids is 1. The van der Waals surface area contributed by atoms with Crippen molar-refractivity contribution < 1.29 is 4.79 Å². The van der Waals surface area contributed by atoms with Gasteiger partial charge in [0.15, 0.2) is 0 Å². The lowest BCUT2D eigenvalue weighted by molar-refractivity contribution is -0.132. The first-order chi connectivity index (χ1) is 8.77. The lowest BCUT2D eigenvalue weighted by atomic mass is 9.76. The summed E-state index contributed by atoms with van der Waals surface area (Å²) < 4.78 is 0. The molecule has 1 fully saturated rings. The van der Waals surface area contributed by atoms with Gasteiger partial charge in [0.1, 0.15) is 5.01 Å². The van der Waals surface area contributed by atoms with Crippen molar-refractivity contribution in [3.8, 4) is 0 Å². The number of hydrogen-bond donors (Lipinski definition) is 2. The third kappa shape index (κ3) is 3.09. The minimum absolute atomic E-state index is 0.187. The van der Waals surface area contributed by atoms with Gasteiger partial charge in [0, 0.05) is 18.1 Å². The molecule has 2 heterocycles. The van der Waals surface area contributed by atoms with Crippen molar-refractivity contribution in [1.29, 1.82) is 0 Å².